The molecule has 2 N–H and O–H groups in total. The summed E-state index contributed by atoms with van der Waals surface area (Å²) in [5.74, 6) is -0.243. The zero-order valence-corrected chi connectivity index (χ0v) is 18.8. The Morgan fingerprint density at radius 1 is 1.16 bits per heavy atom. The fraction of sp³-hybridized carbons (Fsp3) is 0.391. The number of halogens is 2. The van der Waals surface area contributed by atoms with Crippen molar-refractivity contribution in [3.8, 4) is 5.75 Å². The Labute approximate surface area is 192 Å². The lowest BCUT2D eigenvalue weighted by atomic mass is 9.96. The second-order valence-corrected chi connectivity index (χ2v) is 8.70. The van der Waals surface area contributed by atoms with E-state index in [-0.39, 0.29) is 22.0 Å². The molecule has 1 atom stereocenters. The average Bonchev–Trinajstić information content (AvgIpc) is 2.70. The fourth-order valence-corrected chi connectivity index (χ4v) is 4.24. The Hall–Kier alpha value is -2.28. The first-order valence-electron chi connectivity index (χ1n) is 10.2. The zero-order valence-electron chi connectivity index (χ0n) is 17.3. The van der Waals surface area contributed by atoms with Crippen LogP contribution in [0.4, 0.5) is 0 Å². The van der Waals surface area contributed by atoms with Crippen LogP contribution in [-0.2, 0) is 11.2 Å². The molecule has 0 aromatic heterocycles. The lowest BCUT2D eigenvalue weighted by Gasteiger charge is -2.36. The van der Waals surface area contributed by atoms with E-state index in [2.05, 4.69) is 17.3 Å². The maximum absolute atomic E-state index is 12.5. The second-order valence-electron chi connectivity index (χ2n) is 7.89. The number of carboxylic acids is 1. The molecule has 0 radical (unpaired) electrons. The van der Waals surface area contributed by atoms with E-state index in [1.54, 1.807) is 18.2 Å². The topological polar surface area (TPSA) is 78.9 Å². The van der Waals surface area contributed by atoms with E-state index in [1.807, 2.05) is 12.1 Å². The molecule has 0 unspecified atom stereocenters. The van der Waals surface area contributed by atoms with Gasteiger partial charge in [0.2, 0.25) is 0 Å². The summed E-state index contributed by atoms with van der Waals surface area (Å²) in [6.45, 7) is 2.99. The number of hydrogen-bond acceptors (Lipinski definition) is 4. The van der Waals surface area contributed by atoms with Gasteiger partial charge < -0.3 is 20.1 Å². The molecular formula is C23H26Cl2N2O4. The van der Waals surface area contributed by atoms with Gasteiger partial charge in [0.1, 0.15) is 11.8 Å². The number of likely N-dealkylation sites (tertiary alicyclic amines) is 1. The molecule has 1 amide bonds. The lowest BCUT2D eigenvalue weighted by Crippen LogP contribution is -2.43. The number of hydrogen-bond donors (Lipinski definition) is 2. The van der Waals surface area contributed by atoms with Gasteiger partial charge in [0, 0.05) is 19.5 Å². The van der Waals surface area contributed by atoms with Crippen molar-refractivity contribution in [2.45, 2.75) is 25.3 Å². The fourth-order valence-electron chi connectivity index (χ4n) is 3.68. The normalized spacial score (nSPS) is 15.2. The molecule has 1 heterocycles. The highest BCUT2D eigenvalue weighted by atomic mass is 35.5. The van der Waals surface area contributed by atoms with Crippen LogP contribution in [0.15, 0.2) is 42.5 Å². The monoisotopic (exact) mass is 464 g/mol. The number of nitrogens with zero attached hydrogens (tertiary/aromatic N) is 1. The predicted octanol–water partition coefficient (Wildman–Crippen LogP) is 4.14. The van der Waals surface area contributed by atoms with Crippen molar-refractivity contribution in [1.82, 2.24) is 10.2 Å². The molecule has 1 fully saturated rings. The Morgan fingerprint density at radius 3 is 2.39 bits per heavy atom. The van der Waals surface area contributed by atoms with E-state index in [9.17, 15) is 14.7 Å². The van der Waals surface area contributed by atoms with Crippen molar-refractivity contribution in [3.63, 3.8) is 0 Å². The Kier molecular flexibility index (Phi) is 8.18. The molecular weight excluding hydrogens is 439 g/mol. The molecule has 0 bridgehead atoms. The molecule has 1 aliphatic rings. The number of amides is 1. The van der Waals surface area contributed by atoms with Crippen LogP contribution in [0.3, 0.4) is 0 Å². The molecule has 0 spiro atoms. The van der Waals surface area contributed by atoms with E-state index < -0.39 is 17.9 Å². The van der Waals surface area contributed by atoms with Crippen LogP contribution >= 0.6 is 23.2 Å². The number of benzene rings is 2. The van der Waals surface area contributed by atoms with Crippen LogP contribution in [-0.4, -0.2) is 54.7 Å². The second kappa shape index (κ2) is 10.8. The van der Waals surface area contributed by atoms with Gasteiger partial charge >= 0.3 is 5.97 Å². The molecule has 3 rings (SSSR count). The third-order valence-corrected chi connectivity index (χ3v) is 5.95. The maximum atomic E-state index is 12.5. The van der Waals surface area contributed by atoms with Crippen molar-refractivity contribution < 1.29 is 19.4 Å². The standard InChI is InChI=1S/C23H26Cl2N2O4/c1-27-13-16(14-27)4-3-11-31-17-9-7-15(8-10-17)12-20(23(29)30)26-22(28)21-18(24)5-2-6-19(21)25/h2,5-10,16,20H,3-4,11-14H2,1H3,(H,26,28)(H,29,30)/t20-/m0/s1. The highest BCUT2D eigenvalue weighted by Gasteiger charge is 2.24. The summed E-state index contributed by atoms with van der Waals surface area (Å²) >= 11 is 12.1. The summed E-state index contributed by atoms with van der Waals surface area (Å²) in [5.41, 5.74) is 0.831. The number of ether oxygens (including phenoxy) is 1. The van der Waals surface area contributed by atoms with Crippen LogP contribution in [0.5, 0.6) is 5.75 Å². The van der Waals surface area contributed by atoms with E-state index >= 15 is 0 Å². The first-order valence-corrected chi connectivity index (χ1v) is 11.0. The average molecular weight is 465 g/mol. The van der Waals surface area contributed by atoms with Crippen LogP contribution in [0.1, 0.15) is 28.8 Å². The van der Waals surface area contributed by atoms with Gasteiger partial charge in [-0.05, 0) is 55.6 Å². The van der Waals surface area contributed by atoms with Crippen molar-refractivity contribution >= 4 is 35.1 Å². The minimum atomic E-state index is -1.14. The third-order valence-electron chi connectivity index (χ3n) is 5.32. The molecule has 166 valence electrons. The number of aliphatic carboxylic acids is 1. The highest BCUT2D eigenvalue weighted by Crippen LogP contribution is 2.24. The van der Waals surface area contributed by atoms with Crippen LogP contribution in [0, 0.1) is 5.92 Å². The number of carboxylic acid groups (broad SMARTS) is 1. The van der Waals surface area contributed by atoms with Crippen molar-refractivity contribution in [1.29, 1.82) is 0 Å². The van der Waals surface area contributed by atoms with Gasteiger partial charge in [-0.25, -0.2) is 4.79 Å². The summed E-state index contributed by atoms with van der Waals surface area (Å²) in [6, 6.07) is 10.8. The minimum absolute atomic E-state index is 0.0642. The van der Waals surface area contributed by atoms with Gasteiger partial charge in [-0.1, -0.05) is 41.4 Å². The van der Waals surface area contributed by atoms with Gasteiger partial charge in [0.15, 0.2) is 0 Å². The van der Waals surface area contributed by atoms with Gasteiger partial charge in [0.05, 0.1) is 22.2 Å². The smallest absolute Gasteiger partial charge is 0.326 e. The van der Waals surface area contributed by atoms with E-state index in [1.165, 1.54) is 25.2 Å². The molecule has 31 heavy (non-hydrogen) atoms. The highest BCUT2D eigenvalue weighted by molar-refractivity contribution is 6.39. The summed E-state index contributed by atoms with van der Waals surface area (Å²) in [4.78, 5) is 26.5. The number of carbonyl (C=O) groups is 2. The summed E-state index contributed by atoms with van der Waals surface area (Å²) in [5, 5.41) is 12.4. The number of carbonyl (C=O) groups excluding carboxylic acids is 1. The summed E-state index contributed by atoms with van der Waals surface area (Å²) in [6.07, 6.45) is 2.30. The zero-order chi connectivity index (χ0) is 22.4. The van der Waals surface area contributed by atoms with Crippen LogP contribution < -0.4 is 10.1 Å². The first kappa shape index (κ1) is 23.4. The maximum Gasteiger partial charge on any atom is 0.326 e. The van der Waals surface area contributed by atoms with Gasteiger partial charge in [0.25, 0.3) is 5.91 Å². The minimum Gasteiger partial charge on any atom is -0.494 e. The van der Waals surface area contributed by atoms with Gasteiger partial charge in [-0.2, -0.15) is 0 Å². The van der Waals surface area contributed by atoms with E-state index in [0.717, 1.165) is 30.1 Å². The SMILES string of the molecule is CN1CC(CCCOc2ccc(C[C@H](NC(=O)c3c(Cl)cccc3Cl)C(=O)O)cc2)C1. The van der Waals surface area contributed by atoms with Crippen LogP contribution in [0.2, 0.25) is 10.0 Å². The summed E-state index contributed by atoms with van der Waals surface area (Å²) < 4.78 is 5.78. The third kappa shape index (κ3) is 6.60. The largest absolute Gasteiger partial charge is 0.494 e. The number of rotatable bonds is 10. The Bertz CT molecular complexity index is 894. The molecule has 6 nitrogen and oxygen atoms in total. The molecule has 0 aliphatic carbocycles. The molecule has 1 aliphatic heterocycles. The van der Waals surface area contributed by atoms with Crippen molar-refractivity contribution in [2.75, 3.05) is 26.7 Å². The Morgan fingerprint density at radius 2 is 1.81 bits per heavy atom. The Balaban J connectivity index is 1.51. The molecule has 2 aromatic carbocycles. The quantitative estimate of drug-likeness (QED) is 0.516. The van der Waals surface area contributed by atoms with Gasteiger partial charge in [-0.15, -0.1) is 0 Å². The van der Waals surface area contributed by atoms with E-state index in [0.29, 0.717) is 6.61 Å². The molecule has 0 saturated carbocycles. The lowest BCUT2D eigenvalue weighted by molar-refractivity contribution is -0.139. The van der Waals surface area contributed by atoms with Gasteiger partial charge in [-0.3, -0.25) is 4.79 Å². The molecule has 8 heteroatoms. The van der Waals surface area contributed by atoms with Crippen molar-refractivity contribution in [2.24, 2.45) is 5.92 Å². The molecule has 1 saturated heterocycles. The summed E-state index contributed by atoms with van der Waals surface area (Å²) in [7, 11) is 2.13. The first-order chi connectivity index (χ1) is 14.8. The van der Waals surface area contributed by atoms with Crippen molar-refractivity contribution in [3.05, 3.63) is 63.6 Å². The van der Waals surface area contributed by atoms with Crippen LogP contribution in [0.25, 0.3) is 0 Å². The van der Waals surface area contributed by atoms with E-state index in [4.69, 9.17) is 27.9 Å². The molecule has 2 aromatic rings. The number of nitrogens with one attached hydrogen (secondary N) is 1. The predicted molar refractivity (Wildman–Crippen MR) is 121 cm³/mol.